The molecule has 1 saturated carbocycles. The number of carbonyl (C=O) groups is 3. The number of aryl methyl sites for hydroxylation is 1. The lowest BCUT2D eigenvalue weighted by atomic mass is 9.85. The smallest absolute Gasteiger partial charge is 0.471 e. The zero-order chi connectivity index (χ0) is 33.6. The summed E-state index contributed by atoms with van der Waals surface area (Å²) in [5.74, 6) is -5.19. The minimum absolute atomic E-state index is 0.0319. The molecule has 2 aliphatic heterocycles. The van der Waals surface area contributed by atoms with E-state index in [1.165, 1.54) is 11.0 Å². The van der Waals surface area contributed by atoms with Gasteiger partial charge in [-0.2, -0.15) is 0 Å². The number of alkyl halides is 5. The molecule has 0 unspecified atom stereocenters. The number of nitrogens with one attached hydrogen (secondary N) is 1. The van der Waals surface area contributed by atoms with Gasteiger partial charge < -0.3 is 29.2 Å². The molecule has 2 fully saturated rings. The normalized spacial score (nSPS) is 28.9. The topological polar surface area (TPSA) is 120 Å². The van der Waals surface area contributed by atoms with Crippen molar-refractivity contribution in [3.63, 3.8) is 0 Å². The van der Waals surface area contributed by atoms with Gasteiger partial charge in [-0.3, -0.25) is 4.79 Å². The Hall–Kier alpha value is -3.78. The molecule has 1 aromatic carbocycles. The molecule has 6 atom stereocenters. The van der Waals surface area contributed by atoms with Crippen LogP contribution in [0.25, 0.3) is 11.0 Å². The quantitative estimate of drug-likeness (QED) is 0.335. The second kappa shape index (κ2) is 12.4. The van der Waals surface area contributed by atoms with Crippen LogP contribution in [-0.2, 0) is 20.7 Å². The lowest BCUT2D eigenvalue weighted by Gasteiger charge is -2.34. The highest BCUT2D eigenvalue weighted by atomic mass is 19.4. The first kappa shape index (κ1) is 33.6. The van der Waals surface area contributed by atoms with E-state index in [2.05, 4.69) is 20.0 Å². The Bertz CT molecular complexity index is 1480. The van der Waals surface area contributed by atoms with E-state index in [0.29, 0.717) is 19.1 Å². The van der Waals surface area contributed by atoms with Crippen LogP contribution in [0.1, 0.15) is 65.5 Å². The first-order valence-electron chi connectivity index (χ1n) is 15.3. The third-order valence-electron chi connectivity index (χ3n) is 8.81. The Balaban J connectivity index is 1.55. The fourth-order valence-corrected chi connectivity index (χ4v) is 6.19. The first-order chi connectivity index (χ1) is 21.5. The molecule has 252 valence electrons. The van der Waals surface area contributed by atoms with Gasteiger partial charge in [-0.05, 0) is 42.7 Å². The predicted molar refractivity (Wildman–Crippen MR) is 153 cm³/mol. The third-order valence-corrected chi connectivity index (χ3v) is 8.81. The SMILES string of the molecule is CC[C@@H]1[C@@H]2CN(C(=O)[C@H](C(C)(C)C)NC(=O)O[C@@H]3C[C@H]3CCC(F)(F)CCc3nc4ccc(OC(F)(F)F)cc4nc3O2)[C@@H]1C=O. The van der Waals surface area contributed by atoms with E-state index in [-0.39, 0.29) is 47.9 Å². The number of aldehydes is 1. The predicted octanol–water partition coefficient (Wildman–Crippen LogP) is 5.60. The largest absolute Gasteiger partial charge is 0.573 e. The van der Waals surface area contributed by atoms with Crippen LogP contribution < -0.4 is 14.8 Å². The van der Waals surface area contributed by atoms with Crippen LogP contribution in [0.2, 0.25) is 0 Å². The molecule has 1 saturated heterocycles. The highest BCUT2D eigenvalue weighted by molar-refractivity contribution is 5.89. The number of halogens is 5. The van der Waals surface area contributed by atoms with Crippen LogP contribution in [0.4, 0.5) is 26.7 Å². The maximum Gasteiger partial charge on any atom is 0.573 e. The number of fused-ring (bicyclic) bond motifs is 5. The Labute approximate surface area is 262 Å². The van der Waals surface area contributed by atoms with E-state index in [0.717, 1.165) is 12.1 Å². The number of hydrogen-bond donors (Lipinski definition) is 1. The molecule has 2 aromatic rings. The molecule has 1 aliphatic carbocycles. The second-order valence-corrected chi connectivity index (χ2v) is 13.3. The minimum atomic E-state index is -4.96. The average molecular weight is 657 g/mol. The van der Waals surface area contributed by atoms with Crippen molar-refractivity contribution in [3.05, 3.63) is 23.9 Å². The summed E-state index contributed by atoms with van der Waals surface area (Å²) in [4.78, 5) is 49.4. The van der Waals surface area contributed by atoms with Crippen molar-refractivity contribution in [3.8, 4) is 11.6 Å². The second-order valence-electron chi connectivity index (χ2n) is 13.3. The molecule has 3 heterocycles. The van der Waals surface area contributed by atoms with Crippen LogP contribution in [0.15, 0.2) is 18.2 Å². The summed E-state index contributed by atoms with van der Waals surface area (Å²) >= 11 is 0. The Kier molecular flexibility index (Phi) is 9.08. The summed E-state index contributed by atoms with van der Waals surface area (Å²) in [6.45, 7) is 6.91. The summed E-state index contributed by atoms with van der Waals surface area (Å²) in [5, 5.41) is 2.63. The molecule has 10 nitrogen and oxygen atoms in total. The Morgan fingerprint density at radius 2 is 1.83 bits per heavy atom. The molecule has 1 aromatic heterocycles. The summed E-state index contributed by atoms with van der Waals surface area (Å²) in [6, 6.07) is 1.26. The Morgan fingerprint density at radius 1 is 1.09 bits per heavy atom. The first-order valence-corrected chi connectivity index (χ1v) is 15.3. The van der Waals surface area contributed by atoms with Crippen LogP contribution in [0, 0.1) is 17.3 Å². The van der Waals surface area contributed by atoms with Gasteiger partial charge in [-0.15, -0.1) is 13.2 Å². The van der Waals surface area contributed by atoms with Crippen molar-refractivity contribution in [1.82, 2.24) is 20.2 Å². The number of alkyl carbamates (subject to hydrolysis) is 1. The molecule has 5 rings (SSSR count). The van der Waals surface area contributed by atoms with Crippen molar-refractivity contribution in [2.75, 3.05) is 6.54 Å². The van der Waals surface area contributed by atoms with Crippen molar-refractivity contribution >= 4 is 29.3 Å². The zero-order valence-corrected chi connectivity index (χ0v) is 25.9. The van der Waals surface area contributed by atoms with E-state index in [1.807, 2.05) is 0 Å². The minimum Gasteiger partial charge on any atom is -0.471 e. The fraction of sp³-hybridized carbons (Fsp3) is 0.645. The lowest BCUT2D eigenvalue weighted by Crippen LogP contribution is -2.56. The van der Waals surface area contributed by atoms with Crippen molar-refractivity contribution in [2.24, 2.45) is 17.3 Å². The molecular weight excluding hydrogens is 619 g/mol. The van der Waals surface area contributed by atoms with Gasteiger partial charge in [0, 0.05) is 31.2 Å². The van der Waals surface area contributed by atoms with Gasteiger partial charge in [0.25, 0.3) is 0 Å². The zero-order valence-electron chi connectivity index (χ0n) is 25.9. The fourth-order valence-electron chi connectivity index (χ4n) is 6.19. The van der Waals surface area contributed by atoms with Gasteiger partial charge in [-0.25, -0.2) is 23.5 Å². The number of carbonyl (C=O) groups excluding carboxylic acids is 3. The highest BCUT2D eigenvalue weighted by Crippen LogP contribution is 2.42. The van der Waals surface area contributed by atoms with E-state index >= 15 is 8.78 Å². The number of hydrogen-bond acceptors (Lipinski definition) is 8. The molecule has 3 aliphatic rings. The van der Waals surface area contributed by atoms with Crippen LogP contribution in [-0.4, -0.2) is 76.3 Å². The standard InChI is InChI=1S/C31H37F5N4O6/c1-5-18-22(15-41)40-14-24(18)44-26-20(37-19-7-6-17(13-21(19)38-26)46-31(34,35)36)9-11-30(32,33)10-8-16-12-23(16)45-28(43)39-25(27(40)42)29(2,3)4/h6-7,13,15-16,18,22-25H,5,8-12,14H2,1-4H3,(H,39,43)/t16-,18+,22-,23-,24+,25-/m1/s1. The molecule has 2 amide bonds. The maximum atomic E-state index is 15.1. The summed E-state index contributed by atoms with van der Waals surface area (Å²) < 4.78 is 84.6. The Morgan fingerprint density at radius 3 is 2.48 bits per heavy atom. The number of nitrogens with zero attached hydrogens (tertiary/aromatic N) is 3. The van der Waals surface area contributed by atoms with Gasteiger partial charge >= 0.3 is 12.5 Å². The number of benzene rings is 1. The lowest BCUT2D eigenvalue weighted by molar-refractivity contribution is -0.274. The molecule has 1 N–H and O–H groups in total. The van der Waals surface area contributed by atoms with E-state index < -0.39 is 78.5 Å². The molecule has 2 bridgehead atoms. The van der Waals surface area contributed by atoms with Gasteiger partial charge in [-0.1, -0.05) is 27.7 Å². The maximum absolute atomic E-state index is 15.1. The monoisotopic (exact) mass is 656 g/mol. The number of ether oxygens (including phenoxy) is 3. The number of amides is 2. The number of rotatable bonds is 3. The molecular formula is C31H37F5N4O6. The van der Waals surface area contributed by atoms with Gasteiger partial charge in [0.05, 0.1) is 23.6 Å². The summed E-state index contributed by atoms with van der Waals surface area (Å²) in [6.07, 6.45) is -7.04. The molecule has 46 heavy (non-hydrogen) atoms. The van der Waals surface area contributed by atoms with Crippen molar-refractivity contribution < 1.29 is 50.5 Å². The van der Waals surface area contributed by atoms with Crippen LogP contribution >= 0.6 is 0 Å². The number of aromatic nitrogens is 2. The van der Waals surface area contributed by atoms with E-state index in [9.17, 15) is 27.6 Å². The third kappa shape index (κ3) is 7.60. The van der Waals surface area contributed by atoms with E-state index in [4.69, 9.17) is 9.47 Å². The summed E-state index contributed by atoms with van der Waals surface area (Å²) in [5.41, 5.74) is -0.628. The highest BCUT2D eigenvalue weighted by Gasteiger charge is 2.49. The molecule has 0 spiro atoms. The van der Waals surface area contributed by atoms with E-state index in [1.54, 1.807) is 27.7 Å². The van der Waals surface area contributed by atoms with Gasteiger partial charge in [0.1, 0.15) is 36.0 Å². The average Bonchev–Trinajstić information content (AvgIpc) is 3.60. The molecule has 15 heteroatoms. The van der Waals surface area contributed by atoms with Crippen molar-refractivity contribution in [1.29, 1.82) is 0 Å². The summed E-state index contributed by atoms with van der Waals surface area (Å²) in [7, 11) is 0. The van der Waals surface area contributed by atoms with Crippen LogP contribution in [0.5, 0.6) is 11.6 Å². The molecule has 0 radical (unpaired) electrons. The van der Waals surface area contributed by atoms with Gasteiger partial charge in [0.2, 0.25) is 17.7 Å². The van der Waals surface area contributed by atoms with Crippen molar-refractivity contribution in [2.45, 2.75) is 103 Å². The van der Waals surface area contributed by atoms with Crippen LogP contribution in [0.3, 0.4) is 0 Å². The van der Waals surface area contributed by atoms with Gasteiger partial charge in [0.15, 0.2) is 0 Å².